The second-order valence-electron chi connectivity index (χ2n) is 6.71. The molecule has 27 heavy (non-hydrogen) atoms. The van der Waals surface area contributed by atoms with Crippen molar-refractivity contribution >= 4 is 5.91 Å². The molecule has 2 aromatic rings. The molecule has 7 heteroatoms. The number of amides is 1. The number of halogens is 3. The number of rotatable bonds is 4. The Bertz CT molecular complexity index is 808. The summed E-state index contributed by atoms with van der Waals surface area (Å²) in [6, 6.07) is 11.2. The van der Waals surface area contributed by atoms with Crippen molar-refractivity contribution in [3.05, 3.63) is 59.7 Å². The minimum atomic E-state index is -4.44. The van der Waals surface area contributed by atoms with Crippen molar-refractivity contribution in [3.8, 4) is 11.5 Å². The van der Waals surface area contributed by atoms with Crippen molar-refractivity contribution in [1.29, 1.82) is 0 Å². The molecule has 144 valence electrons. The molecular weight excluding hydrogens is 357 g/mol. The smallest absolute Gasteiger partial charge is 0.416 e. The molecule has 0 bridgehead atoms. The van der Waals surface area contributed by atoms with Gasteiger partial charge >= 0.3 is 6.18 Å². The fourth-order valence-electron chi connectivity index (χ4n) is 3.05. The van der Waals surface area contributed by atoms with E-state index in [1.807, 2.05) is 0 Å². The zero-order valence-corrected chi connectivity index (χ0v) is 14.8. The van der Waals surface area contributed by atoms with Crippen molar-refractivity contribution in [1.82, 2.24) is 10.6 Å². The van der Waals surface area contributed by atoms with E-state index in [9.17, 15) is 18.0 Å². The van der Waals surface area contributed by atoms with E-state index in [2.05, 4.69) is 17.6 Å². The summed E-state index contributed by atoms with van der Waals surface area (Å²) < 4.78 is 44.0. The molecule has 2 atom stereocenters. The van der Waals surface area contributed by atoms with E-state index in [1.165, 1.54) is 18.2 Å². The zero-order valence-electron chi connectivity index (χ0n) is 14.8. The standard InChI is InChI=1S/C20H21F3N2O2/c1-13-12-24-9-8-18(13)25-19(26)14-4-2-6-16(10-14)27-17-7-3-5-15(11-17)20(21,22)23/h2-7,10-11,13,18,24H,8-9,12H2,1H3,(H,25,26). The molecule has 1 heterocycles. The van der Waals surface area contributed by atoms with Gasteiger partial charge in [0.1, 0.15) is 11.5 Å². The van der Waals surface area contributed by atoms with Gasteiger partial charge in [-0.05, 0) is 61.8 Å². The van der Waals surface area contributed by atoms with Crippen molar-refractivity contribution in [2.75, 3.05) is 13.1 Å². The SMILES string of the molecule is CC1CNCCC1NC(=O)c1cccc(Oc2cccc(C(F)(F)F)c2)c1. The Morgan fingerprint density at radius 2 is 1.85 bits per heavy atom. The second kappa shape index (κ2) is 8.00. The summed E-state index contributed by atoms with van der Waals surface area (Å²) >= 11 is 0. The van der Waals surface area contributed by atoms with E-state index in [0.29, 0.717) is 17.2 Å². The second-order valence-corrected chi connectivity index (χ2v) is 6.71. The molecule has 0 aliphatic carbocycles. The molecule has 0 aromatic heterocycles. The van der Waals surface area contributed by atoms with Crippen LogP contribution < -0.4 is 15.4 Å². The highest BCUT2D eigenvalue weighted by atomic mass is 19.4. The average molecular weight is 378 g/mol. The van der Waals surface area contributed by atoms with Gasteiger partial charge in [-0.1, -0.05) is 19.1 Å². The van der Waals surface area contributed by atoms with Gasteiger partial charge in [-0.2, -0.15) is 13.2 Å². The van der Waals surface area contributed by atoms with Crippen LogP contribution in [0.15, 0.2) is 48.5 Å². The molecule has 0 radical (unpaired) electrons. The molecule has 0 spiro atoms. The summed E-state index contributed by atoms with van der Waals surface area (Å²) in [4.78, 5) is 12.5. The molecule has 2 N–H and O–H groups in total. The monoisotopic (exact) mass is 378 g/mol. The topological polar surface area (TPSA) is 50.4 Å². The number of nitrogens with one attached hydrogen (secondary N) is 2. The van der Waals surface area contributed by atoms with Crippen LogP contribution in [0.25, 0.3) is 0 Å². The van der Waals surface area contributed by atoms with Gasteiger partial charge < -0.3 is 15.4 Å². The molecule has 1 aliphatic heterocycles. The number of carbonyl (C=O) groups is 1. The lowest BCUT2D eigenvalue weighted by atomic mass is 9.95. The molecule has 2 aromatic carbocycles. The van der Waals surface area contributed by atoms with Crippen molar-refractivity contribution < 1.29 is 22.7 Å². The average Bonchev–Trinajstić information content (AvgIpc) is 2.63. The normalized spacial score (nSPS) is 20.1. The van der Waals surface area contributed by atoms with Crippen LogP contribution in [0.2, 0.25) is 0 Å². The fourth-order valence-corrected chi connectivity index (χ4v) is 3.05. The Kier molecular flexibility index (Phi) is 5.70. The number of alkyl halides is 3. The molecule has 2 unspecified atom stereocenters. The molecule has 1 saturated heterocycles. The van der Waals surface area contributed by atoms with E-state index in [4.69, 9.17) is 4.74 Å². The first-order valence-electron chi connectivity index (χ1n) is 8.80. The predicted octanol–water partition coefficient (Wildman–Crippen LogP) is 4.23. The number of hydrogen-bond acceptors (Lipinski definition) is 3. The Hall–Kier alpha value is -2.54. The molecule has 1 fully saturated rings. The summed E-state index contributed by atoms with van der Waals surface area (Å²) in [5.74, 6) is 0.477. The third-order valence-electron chi connectivity index (χ3n) is 4.60. The van der Waals surface area contributed by atoms with E-state index >= 15 is 0 Å². The molecule has 1 amide bonds. The largest absolute Gasteiger partial charge is 0.457 e. The Morgan fingerprint density at radius 3 is 2.56 bits per heavy atom. The lowest BCUT2D eigenvalue weighted by Gasteiger charge is -2.30. The highest BCUT2D eigenvalue weighted by Crippen LogP contribution is 2.32. The summed E-state index contributed by atoms with van der Waals surface area (Å²) in [7, 11) is 0. The number of piperidine rings is 1. The quantitative estimate of drug-likeness (QED) is 0.837. The first-order valence-corrected chi connectivity index (χ1v) is 8.80. The van der Waals surface area contributed by atoms with E-state index < -0.39 is 11.7 Å². The highest BCUT2D eigenvalue weighted by Gasteiger charge is 2.30. The minimum absolute atomic E-state index is 0.0642. The van der Waals surface area contributed by atoms with Crippen LogP contribution in [0.4, 0.5) is 13.2 Å². The fraction of sp³-hybridized carbons (Fsp3) is 0.350. The molecule has 4 nitrogen and oxygen atoms in total. The van der Waals surface area contributed by atoms with Crippen LogP contribution in [-0.2, 0) is 6.18 Å². The Morgan fingerprint density at radius 1 is 1.15 bits per heavy atom. The first kappa shape index (κ1) is 19.2. The maximum absolute atomic E-state index is 12.8. The van der Waals surface area contributed by atoms with E-state index in [-0.39, 0.29) is 17.7 Å². The zero-order chi connectivity index (χ0) is 19.4. The molecule has 0 saturated carbocycles. The van der Waals surface area contributed by atoms with Crippen LogP contribution in [0.5, 0.6) is 11.5 Å². The lowest BCUT2D eigenvalue weighted by molar-refractivity contribution is -0.137. The van der Waals surface area contributed by atoms with Gasteiger partial charge in [-0.15, -0.1) is 0 Å². The molecule has 1 aliphatic rings. The van der Waals surface area contributed by atoms with Gasteiger partial charge in [0.2, 0.25) is 0 Å². The summed E-state index contributed by atoms with van der Waals surface area (Å²) in [6.45, 7) is 3.78. The number of hydrogen-bond donors (Lipinski definition) is 2. The third-order valence-corrected chi connectivity index (χ3v) is 4.60. The Labute approximate surface area is 155 Å². The van der Waals surface area contributed by atoms with Crippen LogP contribution in [-0.4, -0.2) is 25.0 Å². The maximum atomic E-state index is 12.8. The van der Waals surface area contributed by atoms with Gasteiger partial charge in [-0.3, -0.25) is 4.79 Å². The lowest BCUT2D eigenvalue weighted by Crippen LogP contribution is -2.48. The Balaban J connectivity index is 1.71. The van der Waals surface area contributed by atoms with Gasteiger partial charge in [0, 0.05) is 11.6 Å². The minimum Gasteiger partial charge on any atom is -0.457 e. The molecular formula is C20H21F3N2O2. The first-order chi connectivity index (χ1) is 12.8. The number of carbonyl (C=O) groups excluding carboxylic acids is 1. The van der Waals surface area contributed by atoms with Gasteiger partial charge in [0.25, 0.3) is 5.91 Å². The maximum Gasteiger partial charge on any atom is 0.416 e. The van der Waals surface area contributed by atoms with E-state index in [0.717, 1.165) is 31.6 Å². The predicted molar refractivity (Wildman–Crippen MR) is 95.9 cm³/mol. The molecule has 3 rings (SSSR count). The van der Waals surface area contributed by atoms with Crippen LogP contribution in [0, 0.1) is 5.92 Å². The van der Waals surface area contributed by atoms with Crippen molar-refractivity contribution in [2.45, 2.75) is 25.6 Å². The van der Waals surface area contributed by atoms with Crippen molar-refractivity contribution in [2.24, 2.45) is 5.92 Å². The number of ether oxygens (including phenoxy) is 1. The summed E-state index contributed by atoms with van der Waals surface area (Å²) in [5, 5.41) is 6.30. The van der Waals surface area contributed by atoms with Crippen LogP contribution >= 0.6 is 0 Å². The third kappa shape index (κ3) is 5.01. The summed E-state index contributed by atoms with van der Waals surface area (Å²) in [5.41, 5.74) is -0.376. The number of benzene rings is 2. The van der Waals surface area contributed by atoms with Gasteiger partial charge in [-0.25, -0.2) is 0 Å². The summed E-state index contributed by atoms with van der Waals surface area (Å²) in [6.07, 6.45) is -3.58. The van der Waals surface area contributed by atoms with Crippen molar-refractivity contribution in [3.63, 3.8) is 0 Å². The highest BCUT2D eigenvalue weighted by molar-refractivity contribution is 5.94. The van der Waals surface area contributed by atoms with Gasteiger partial charge in [0.05, 0.1) is 5.56 Å². The van der Waals surface area contributed by atoms with Gasteiger partial charge in [0.15, 0.2) is 0 Å². The van der Waals surface area contributed by atoms with Crippen LogP contribution in [0.1, 0.15) is 29.3 Å². The van der Waals surface area contributed by atoms with E-state index in [1.54, 1.807) is 18.2 Å². The van der Waals surface area contributed by atoms with Crippen LogP contribution in [0.3, 0.4) is 0 Å².